The molecular formula is C8H16N2OS. The molecule has 0 aromatic rings. The van der Waals surface area contributed by atoms with Gasteiger partial charge in [0.15, 0.2) is 0 Å². The molecule has 0 saturated heterocycles. The van der Waals surface area contributed by atoms with Gasteiger partial charge in [0.25, 0.3) is 0 Å². The van der Waals surface area contributed by atoms with Crippen LogP contribution in [0.2, 0.25) is 0 Å². The second-order valence-electron chi connectivity index (χ2n) is 3.23. The zero-order valence-electron chi connectivity index (χ0n) is 7.76. The van der Waals surface area contributed by atoms with Gasteiger partial charge in [0, 0.05) is 18.4 Å². The molecule has 0 rings (SSSR count). The van der Waals surface area contributed by atoms with E-state index in [1.54, 1.807) is 0 Å². The lowest BCUT2D eigenvalue weighted by molar-refractivity contribution is -0.121. The molecule has 0 aromatic heterocycles. The maximum atomic E-state index is 11.1. The van der Waals surface area contributed by atoms with Crippen LogP contribution in [0.25, 0.3) is 0 Å². The number of carbonyl (C=O) groups is 1. The van der Waals surface area contributed by atoms with E-state index < -0.39 is 0 Å². The van der Waals surface area contributed by atoms with E-state index in [1.807, 2.05) is 20.8 Å². The number of nitrogens with one attached hydrogen (secondary N) is 1. The van der Waals surface area contributed by atoms with Gasteiger partial charge in [0.2, 0.25) is 5.91 Å². The summed E-state index contributed by atoms with van der Waals surface area (Å²) in [5.74, 6) is -0.0101. The van der Waals surface area contributed by atoms with E-state index in [1.165, 1.54) is 0 Å². The first-order valence-electron chi connectivity index (χ1n) is 4.02. The molecule has 0 saturated carbocycles. The SMILES string of the molecule is CC(C)NC(=O)CC(C)C(N)=S. The van der Waals surface area contributed by atoms with Gasteiger partial charge in [0.05, 0.1) is 4.99 Å². The van der Waals surface area contributed by atoms with E-state index >= 15 is 0 Å². The molecule has 0 aliphatic heterocycles. The average Bonchev–Trinajstić information content (AvgIpc) is 1.84. The van der Waals surface area contributed by atoms with Crippen LogP contribution in [-0.2, 0) is 4.79 Å². The fourth-order valence-corrected chi connectivity index (χ4v) is 0.843. The molecule has 0 aliphatic carbocycles. The smallest absolute Gasteiger partial charge is 0.220 e. The third kappa shape index (κ3) is 5.07. The largest absolute Gasteiger partial charge is 0.393 e. The van der Waals surface area contributed by atoms with E-state index in [9.17, 15) is 4.79 Å². The summed E-state index contributed by atoms with van der Waals surface area (Å²) in [5.41, 5.74) is 5.37. The van der Waals surface area contributed by atoms with Crippen LogP contribution in [-0.4, -0.2) is 16.9 Å². The van der Waals surface area contributed by atoms with Crippen molar-refractivity contribution in [1.29, 1.82) is 0 Å². The van der Waals surface area contributed by atoms with Crippen LogP contribution in [0.3, 0.4) is 0 Å². The molecule has 0 bridgehead atoms. The van der Waals surface area contributed by atoms with E-state index in [0.29, 0.717) is 11.4 Å². The minimum atomic E-state index is -0.0150. The predicted octanol–water partition coefficient (Wildman–Crippen LogP) is 0.823. The van der Waals surface area contributed by atoms with E-state index in [4.69, 9.17) is 18.0 Å². The maximum Gasteiger partial charge on any atom is 0.220 e. The second-order valence-corrected chi connectivity index (χ2v) is 3.70. The monoisotopic (exact) mass is 188 g/mol. The number of hydrogen-bond acceptors (Lipinski definition) is 2. The predicted molar refractivity (Wildman–Crippen MR) is 53.8 cm³/mol. The Morgan fingerprint density at radius 2 is 2.00 bits per heavy atom. The Morgan fingerprint density at radius 1 is 1.50 bits per heavy atom. The van der Waals surface area contributed by atoms with Crippen molar-refractivity contribution in [3.63, 3.8) is 0 Å². The molecule has 1 unspecified atom stereocenters. The standard InChI is InChI=1S/C8H16N2OS/c1-5(2)10-7(11)4-6(3)8(9)12/h5-6H,4H2,1-3H3,(H2,9,12)(H,10,11). The quantitative estimate of drug-likeness (QED) is 0.642. The molecular weight excluding hydrogens is 172 g/mol. The van der Waals surface area contributed by atoms with Crippen molar-refractivity contribution in [2.75, 3.05) is 0 Å². The van der Waals surface area contributed by atoms with Crippen molar-refractivity contribution in [1.82, 2.24) is 5.32 Å². The van der Waals surface area contributed by atoms with Gasteiger partial charge in [-0.25, -0.2) is 0 Å². The van der Waals surface area contributed by atoms with Gasteiger partial charge in [-0.3, -0.25) is 4.79 Å². The zero-order chi connectivity index (χ0) is 9.72. The Balaban J connectivity index is 3.77. The number of hydrogen-bond donors (Lipinski definition) is 2. The Labute approximate surface area is 78.7 Å². The third-order valence-corrected chi connectivity index (χ3v) is 1.83. The van der Waals surface area contributed by atoms with Gasteiger partial charge in [0.1, 0.15) is 0 Å². The Morgan fingerprint density at radius 3 is 2.33 bits per heavy atom. The van der Waals surface area contributed by atoms with E-state index in [2.05, 4.69) is 5.32 Å². The molecule has 4 heteroatoms. The summed E-state index contributed by atoms with van der Waals surface area (Å²) in [5, 5.41) is 2.77. The highest BCUT2D eigenvalue weighted by Crippen LogP contribution is 2.01. The van der Waals surface area contributed by atoms with Crippen molar-refractivity contribution in [2.24, 2.45) is 11.7 Å². The highest BCUT2D eigenvalue weighted by Gasteiger charge is 2.11. The molecule has 1 atom stereocenters. The van der Waals surface area contributed by atoms with Gasteiger partial charge in [-0.1, -0.05) is 19.1 Å². The molecule has 0 aliphatic rings. The summed E-state index contributed by atoms with van der Waals surface area (Å²) in [6.45, 7) is 5.69. The molecule has 0 radical (unpaired) electrons. The van der Waals surface area contributed by atoms with Crippen molar-refractivity contribution in [3.05, 3.63) is 0 Å². The van der Waals surface area contributed by atoms with Gasteiger partial charge in [-0.05, 0) is 13.8 Å². The first-order chi connectivity index (χ1) is 5.43. The highest BCUT2D eigenvalue weighted by atomic mass is 32.1. The lowest BCUT2D eigenvalue weighted by atomic mass is 10.1. The van der Waals surface area contributed by atoms with Crippen LogP contribution in [0.5, 0.6) is 0 Å². The minimum absolute atomic E-state index is 0.00491. The molecule has 0 heterocycles. The lowest BCUT2D eigenvalue weighted by Crippen LogP contribution is -2.33. The number of carbonyl (C=O) groups excluding carboxylic acids is 1. The highest BCUT2D eigenvalue weighted by molar-refractivity contribution is 7.80. The van der Waals surface area contributed by atoms with E-state index in [0.717, 1.165) is 0 Å². The van der Waals surface area contributed by atoms with Crippen LogP contribution in [0, 0.1) is 5.92 Å². The normalized spacial score (nSPS) is 12.7. The summed E-state index contributed by atoms with van der Waals surface area (Å²) in [6.07, 6.45) is 0.382. The van der Waals surface area contributed by atoms with Crippen LogP contribution in [0.1, 0.15) is 27.2 Å². The number of rotatable bonds is 4. The number of nitrogens with two attached hydrogens (primary N) is 1. The van der Waals surface area contributed by atoms with Crippen molar-refractivity contribution in [2.45, 2.75) is 33.2 Å². The third-order valence-electron chi connectivity index (χ3n) is 1.43. The molecule has 0 fully saturated rings. The molecule has 70 valence electrons. The van der Waals surface area contributed by atoms with E-state index in [-0.39, 0.29) is 17.9 Å². The van der Waals surface area contributed by atoms with Crippen molar-refractivity contribution < 1.29 is 4.79 Å². The first-order valence-corrected chi connectivity index (χ1v) is 4.43. The number of amides is 1. The molecule has 12 heavy (non-hydrogen) atoms. The maximum absolute atomic E-state index is 11.1. The number of thiocarbonyl (C=S) groups is 1. The van der Waals surface area contributed by atoms with Gasteiger partial charge in [-0.2, -0.15) is 0 Å². The molecule has 0 aromatic carbocycles. The lowest BCUT2D eigenvalue weighted by Gasteiger charge is -2.11. The average molecular weight is 188 g/mol. The summed E-state index contributed by atoms with van der Waals surface area (Å²) in [6, 6.07) is 0.177. The Hall–Kier alpha value is -0.640. The Kier molecular flexibility index (Phi) is 4.81. The summed E-state index contributed by atoms with van der Waals surface area (Å²) in [4.78, 5) is 11.5. The molecule has 0 spiro atoms. The fourth-order valence-electron chi connectivity index (χ4n) is 0.760. The van der Waals surface area contributed by atoms with Crippen LogP contribution in [0.4, 0.5) is 0 Å². The zero-order valence-corrected chi connectivity index (χ0v) is 8.57. The van der Waals surface area contributed by atoms with Crippen LogP contribution < -0.4 is 11.1 Å². The summed E-state index contributed by atoms with van der Waals surface area (Å²) < 4.78 is 0. The molecule has 3 nitrogen and oxygen atoms in total. The van der Waals surface area contributed by atoms with Crippen molar-refractivity contribution >= 4 is 23.1 Å². The van der Waals surface area contributed by atoms with Gasteiger partial charge in [-0.15, -0.1) is 0 Å². The van der Waals surface area contributed by atoms with Gasteiger partial charge >= 0.3 is 0 Å². The Bertz CT molecular complexity index is 180. The molecule has 1 amide bonds. The first kappa shape index (κ1) is 11.4. The van der Waals surface area contributed by atoms with Gasteiger partial charge < -0.3 is 11.1 Å². The molecule has 3 N–H and O–H groups in total. The summed E-state index contributed by atoms with van der Waals surface area (Å²) in [7, 11) is 0. The van der Waals surface area contributed by atoms with Crippen LogP contribution >= 0.6 is 12.2 Å². The summed E-state index contributed by atoms with van der Waals surface area (Å²) >= 11 is 4.75. The fraction of sp³-hybridized carbons (Fsp3) is 0.750. The van der Waals surface area contributed by atoms with Crippen LogP contribution in [0.15, 0.2) is 0 Å². The van der Waals surface area contributed by atoms with Crippen molar-refractivity contribution in [3.8, 4) is 0 Å². The topological polar surface area (TPSA) is 55.1 Å². The second kappa shape index (κ2) is 5.09. The minimum Gasteiger partial charge on any atom is -0.393 e.